The van der Waals surface area contributed by atoms with Gasteiger partial charge in [0.1, 0.15) is 0 Å². The number of amides is 2. The highest BCUT2D eigenvalue weighted by molar-refractivity contribution is 7.80. The van der Waals surface area contributed by atoms with Crippen LogP contribution in [0.25, 0.3) is 0 Å². The summed E-state index contributed by atoms with van der Waals surface area (Å²) in [5, 5.41) is 5.29. The van der Waals surface area contributed by atoms with Crippen molar-refractivity contribution < 1.29 is 9.59 Å². The summed E-state index contributed by atoms with van der Waals surface area (Å²) in [6, 6.07) is 0. The topological polar surface area (TPSA) is 84.2 Å². The molecule has 0 saturated heterocycles. The largest absolute Gasteiger partial charge is 0.392 e. The van der Waals surface area contributed by atoms with Crippen LogP contribution in [-0.2, 0) is 9.59 Å². The summed E-state index contributed by atoms with van der Waals surface area (Å²) in [5.41, 5.74) is 4.88. The van der Waals surface area contributed by atoms with Gasteiger partial charge in [0.15, 0.2) is 0 Å². The van der Waals surface area contributed by atoms with Crippen LogP contribution in [0.1, 0.15) is 19.8 Å². The normalized spacial score (nSPS) is 16.6. The SMILES string of the molecule is CC(=O)NCCNC(=O)C1(C(N)=S)CC1. The van der Waals surface area contributed by atoms with E-state index in [4.69, 9.17) is 18.0 Å². The number of carbonyl (C=O) groups excluding carboxylic acids is 2. The first kappa shape index (κ1) is 11.9. The Balaban J connectivity index is 2.25. The maximum Gasteiger partial charge on any atom is 0.233 e. The Morgan fingerprint density at radius 3 is 2.27 bits per heavy atom. The highest BCUT2D eigenvalue weighted by Crippen LogP contribution is 2.46. The van der Waals surface area contributed by atoms with Crippen LogP contribution in [0.3, 0.4) is 0 Å². The number of carbonyl (C=O) groups is 2. The molecule has 4 N–H and O–H groups in total. The van der Waals surface area contributed by atoms with Crippen LogP contribution in [0.5, 0.6) is 0 Å². The van der Waals surface area contributed by atoms with Gasteiger partial charge in [-0.2, -0.15) is 0 Å². The van der Waals surface area contributed by atoms with Crippen molar-refractivity contribution in [2.24, 2.45) is 11.1 Å². The summed E-state index contributed by atoms with van der Waals surface area (Å²) in [4.78, 5) is 22.4. The molecule has 1 aliphatic rings. The van der Waals surface area contributed by atoms with Gasteiger partial charge in [-0.25, -0.2) is 0 Å². The van der Waals surface area contributed by atoms with Crippen LogP contribution in [0, 0.1) is 5.41 Å². The summed E-state index contributed by atoms with van der Waals surface area (Å²) >= 11 is 4.84. The van der Waals surface area contributed by atoms with E-state index in [1.54, 1.807) is 0 Å². The van der Waals surface area contributed by atoms with Crippen molar-refractivity contribution in [3.8, 4) is 0 Å². The van der Waals surface area contributed by atoms with Gasteiger partial charge in [0.25, 0.3) is 0 Å². The zero-order valence-electron chi connectivity index (χ0n) is 8.63. The minimum atomic E-state index is -0.606. The van der Waals surface area contributed by atoms with Gasteiger partial charge in [0, 0.05) is 20.0 Å². The Kier molecular flexibility index (Phi) is 3.62. The molecule has 0 radical (unpaired) electrons. The number of hydrogen-bond acceptors (Lipinski definition) is 3. The Labute approximate surface area is 93.8 Å². The standard InChI is InChI=1S/C9H15N3O2S/c1-6(13)11-4-5-12-8(14)9(2-3-9)7(10)15/h2-5H2,1H3,(H2,10,15)(H,11,13)(H,12,14). The van der Waals surface area contributed by atoms with Crippen LogP contribution < -0.4 is 16.4 Å². The molecule has 0 aliphatic heterocycles. The summed E-state index contributed by atoms with van der Waals surface area (Å²) < 4.78 is 0. The molecular weight excluding hydrogens is 214 g/mol. The fourth-order valence-electron chi connectivity index (χ4n) is 1.29. The molecule has 0 unspecified atom stereocenters. The van der Waals surface area contributed by atoms with E-state index < -0.39 is 5.41 Å². The second-order valence-electron chi connectivity index (χ2n) is 3.69. The lowest BCUT2D eigenvalue weighted by Gasteiger charge is -2.13. The average Bonchev–Trinajstić information content (AvgIpc) is 2.92. The molecule has 0 atom stereocenters. The van der Waals surface area contributed by atoms with E-state index in [1.807, 2.05) is 0 Å². The zero-order chi connectivity index (χ0) is 11.5. The fraction of sp³-hybridized carbons (Fsp3) is 0.667. The molecule has 15 heavy (non-hydrogen) atoms. The number of nitrogens with one attached hydrogen (secondary N) is 2. The maximum atomic E-state index is 11.6. The highest BCUT2D eigenvalue weighted by atomic mass is 32.1. The van der Waals surface area contributed by atoms with Gasteiger partial charge >= 0.3 is 0 Å². The van der Waals surface area contributed by atoms with Crippen LogP contribution >= 0.6 is 12.2 Å². The van der Waals surface area contributed by atoms with Crippen molar-refractivity contribution >= 4 is 29.0 Å². The summed E-state index contributed by atoms with van der Waals surface area (Å²) in [6.45, 7) is 2.26. The van der Waals surface area contributed by atoms with Crippen molar-refractivity contribution in [3.05, 3.63) is 0 Å². The quantitative estimate of drug-likeness (QED) is 0.430. The molecule has 5 nitrogen and oxygen atoms in total. The van der Waals surface area contributed by atoms with Gasteiger partial charge in [-0.05, 0) is 12.8 Å². The number of thiocarbonyl (C=S) groups is 1. The van der Waals surface area contributed by atoms with E-state index in [2.05, 4.69) is 10.6 Å². The molecular formula is C9H15N3O2S. The first-order chi connectivity index (χ1) is 6.99. The van der Waals surface area contributed by atoms with E-state index >= 15 is 0 Å². The van der Waals surface area contributed by atoms with Gasteiger partial charge in [-0.15, -0.1) is 0 Å². The van der Waals surface area contributed by atoms with Gasteiger partial charge in [-0.3, -0.25) is 9.59 Å². The zero-order valence-corrected chi connectivity index (χ0v) is 9.45. The summed E-state index contributed by atoms with van der Waals surface area (Å²) in [6.07, 6.45) is 1.46. The monoisotopic (exact) mass is 229 g/mol. The first-order valence-corrected chi connectivity index (χ1v) is 5.22. The molecule has 2 amide bonds. The third-order valence-electron chi connectivity index (χ3n) is 2.44. The second-order valence-corrected chi connectivity index (χ2v) is 4.13. The minimum Gasteiger partial charge on any atom is -0.392 e. The smallest absolute Gasteiger partial charge is 0.233 e. The van der Waals surface area contributed by atoms with Crippen LogP contribution in [0.15, 0.2) is 0 Å². The third kappa shape index (κ3) is 2.89. The lowest BCUT2D eigenvalue weighted by Crippen LogP contribution is -2.42. The van der Waals surface area contributed by atoms with Crippen molar-refractivity contribution in [2.75, 3.05) is 13.1 Å². The number of rotatable bonds is 5. The predicted octanol–water partition coefficient (Wildman–Crippen LogP) is -0.695. The lowest BCUT2D eigenvalue weighted by atomic mass is 10.1. The van der Waals surface area contributed by atoms with Gasteiger partial charge in [0.2, 0.25) is 11.8 Å². The fourth-order valence-corrected chi connectivity index (χ4v) is 1.59. The Hall–Kier alpha value is -1.17. The average molecular weight is 229 g/mol. The van der Waals surface area contributed by atoms with Crippen molar-refractivity contribution in [2.45, 2.75) is 19.8 Å². The summed E-state index contributed by atoms with van der Waals surface area (Å²) in [5.74, 6) is -0.236. The van der Waals surface area contributed by atoms with E-state index in [-0.39, 0.29) is 16.8 Å². The molecule has 0 aromatic carbocycles. The van der Waals surface area contributed by atoms with E-state index in [0.29, 0.717) is 13.1 Å². The summed E-state index contributed by atoms with van der Waals surface area (Å²) in [7, 11) is 0. The minimum absolute atomic E-state index is 0.111. The molecule has 0 spiro atoms. The molecule has 0 bridgehead atoms. The van der Waals surface area contributed by atoms with Gasteiger partial charge in [-0.1, -0.05) is 12.2 Å². The van der Waals surface area contributed by atoms with Crippen LogP contribution in [0.2, 0.25) is 0 Å². The Morgan fingerprint density at radius 2 is 1.87 bits per heavy atom. The second kappa shape index (κ2) is 4.57. The van der Waals surface area contributed by atoms with Crippen molar-refractivity contribution in [1.82, 2.24) is 10.6 Å². The molecule has 0 aromatic rings. The third-order valence-corrected chi connectivity index (χ3v) is 2.83. The predicted molar refractivity (Wildman–Crippen MR) is 60.1 cm³/mol. The van der Waals surface area contributed by atoms with E-state index in [9.17, 15) is 9.59 Å². The van der Waals surface area contributed by atoms with E-state index in [1.165, 1.54) is 6.92 Å². The van der Waals surface area contributed by atoms with Crippen molar-refractivity contribution in [3.63, 3.8) is 0 Å². The molecule has 6 heteroatoms. The van der Waals surface area contributed by atoms with Gasteiger partial charge < -0.3 is 16.4 Å². The van der Waals surface area contributed by atoms with Crippen molar-refractivity contribution in [1.29, 1.82) is 0 Å². The molecule has 1 fully saturated rings. The molecule has 0 heterocycles. The highest BCUT2D eigenvalue weighted by Gasteiger charge is 2.52. The molecule has 1 rings (SSSR count). The molecule has 1 aliphatic carbocycles. The first-order valence-electron chi connectivity index (χ1n) is 4.82. The Morgan fingerprint density at radius 1 is 1.33 bits per heavy atom. The lowest BCUT2D eigenvalue weighted by molar-refractivity contribution is -0.124. The van der Waals surface area contributed by atoms with Crippen LogP contribution in [0.4, 0.5) is 0 Å². The molecule has 0 aromatic heterocycles. The van der Waals surface area contributed by atoms with Crippen LogP contribution in [-0.4, -0.2) is 29.9 Å². The number of hydrogen-bond donors (Lipinski definition) is 3. The number of nitrogens with two attached hydrogens (primary N) is 1. The maximum absolute atomic E-state index is 11.6. The Bertz CT molecular complexity index is 300. The van der Waals surface area contributed by atoms with Gasteiger partial charge in [0.05, 0.1) is 10.4 Å². The van der Waals surface area contributed by atoms with E-state index in [0.717, 1.165) is 12.8 Å². The molecule has 1 saturated carbocycles. The molecule has 84 valence electrons.